The molecule has 16 nitrogen and oxygen atoms in total. The molecule has 0 aliphatic rings. The monoisotopic (exact) mass is 1200 g/mol. The van der Waals surface area contributed by atoms with Gasteiger partial charge in [0.05, 0.1) is 0 Å². The molecular formula is C73H80N4O12. The second kappa shape index (κ2) is 33.1. The molecule has 0 amide bonds. The molecule has 16 heteroatoms. The highest BCUT2D eigenvalue weighted by Crippen LogP contribution is 2.67. The highest BCUT2D eigenvalue weighted by atomic mass is 16.9. The summed E-state index contributed by atoms with van der Waals surface area (Å²) in [5.74, 6) is -11.2. The first-order valence-corrected chi connectivity index (χ1v) is 30.1. The first-order valence-electron chi connectivity index (χ1n) is 30.1. The van der Waals surface area contributed by atoms with Gasteiger partial charge in [-0.15, -0.1) is 0 Å². The quantitative estimate of drug-likeness (QED) is 0.0155. The lowest BCUT2D eigenvalue weighted by atomic mass is 9.56. The SMILES string of the molecule is CCC(OC=O)(ON(Cc1ccccc1)Cc1ccccc1)C(C(CC)(OC=O)ON(Cc1ccccc1)Cc1ccccc1)(C(CC)(OC=O)ON(Cc1ccccc1)Cc1ccccc1)C(CC)(OC=O)ON(Cc1ccccc1)Cc1ccccc1. The zero-order valence-corrected chi connectivity index (χ0v) is 51.1. The topological polar surface area (TPSA) is 155 Å². The molecule has 89 heavy (non-hydrogen) atoms. The number of hydrogen-bond donors (Lipinski definition) is 0. The van der Waals surface area contributed by atoms with Gasteiger partial charge in [-0.3, -0.25) is 38.5 Å². The molecule has 8 aromatic carbocycles. The van der Waals surface area contributed by atoms with E-state index in [1.54, 1.807) is 47.9 Å². The maximum atomic E-state index is 14.6. The van der Waals surface area contributed by atoms with Gasteiger partial charge in [0.2, 0.25) is 5.41 Å². The summed E-state index contributed by atoms with van der Waals surface area (Å²) in [6.07, 6.45) is -1.70. The largest absolute Gasteiger partial charge is 0.432 e. The molecule has 0 bridgehead atoms. The van der Waals surface area contributed by atoms with Crippen LogP contribution in [0.15, 0.2) is 243 Å². The van der Waals surface area contributed by atoms with Crippen molar-refractivity contribution < 1.29 is 57.5 Å². The number of nitrogens with zero attached hydrogens (tertiary/aromatic N) is 4. The highest BCUT2D eigenvalue weighted by molar-refractivity contribution is 5.45. The summed E-state index contributed by atoms with van der Waals surface area (Å²) < 4.78 is 27.8. The van der Waals surface area contributed by atoms with Crippen LogP contribution in [0.3, 0.4) is 0 Å². The molecule has 0 aliphatic heterocycles. The fraction of sp³-hybridized carbons (Fsp3) is 0.288. The maximum Gasteiger partial charge on any atom is 0.295 e. The molecule has 0 aromatic heterocycles. The lowest BCUT2D eigenvalue weighted by Gasteiger charge is -2.66. The van der Waals surface area contributed by atoms with E-state index >= 15 is 0 Å². The summed E-state index contributed by atoms with van der Waals surface area (Å²) in [5.41, 5.74) is 3.11. The van der Waals surface area contributed by atoms with E-state index in [0.717, 1.165) is 44.5 Å². The van der Waals surface area contributed by atoms with Crippen LogP contribution >= 0.6 is 0 Å². The van der Waals surface area contributed by atoms with Crippen LogP contribution in [0.4, 0.5) is 0 Å². The van der Waals surface area contributed by atoms with Crippen molar-refractivity contribution in [2.45, 2.75) is 129 Å². The van der Waals surface area contributed by atoms with Crippen molar-refractivity contribution in [1.82, 2.24) is 20.3 Å². The molecule has 0 aliphatic carbocycles. The van der Waals surface area contributed by atoms with E-state index in [1.807, 2.05) is 243 Å². The van der Waals surface area contributed by atoms with E-state index in [1.165, 1.54) is 0 Å². The highest BCUT2D eigenvalue weighted by Gasteiger charge is 2.90. The number of carbonyl (C=O) groups excluding carboxylic acids is 4. The lowest BCUT2D eigenvalue weighted by molar-refractivity contribution is -0.576. The van der Waals surface area contributed by atoms with E-state index in [0.29, 0.717) is 0 Å². The van der Waals surface area contributed by atoms with Gasteiger partial charge in [-0.25, -0.2) is 0 Å². The van der Waals surface area contributed by atoms with E-state index in [-0.39, 0.29) is 78.2 Å². The van der Waals surface area contributed by atoms with Crippen molar-refractivity contribution in [3.8, 4) is 0 Å². The molecule has 0 heterocycles. The van der Waals surface area contributed by atoms with Gasteiger partial charge >= 0.3 is 0 Å². The predicted octanol–water partition coefficient (Wildman–Crippen LogP) is 13.6. The summed E-state index contributed by atoms with van der Waals surface area (Å²) in [4.78, 5) is 89.5. The molecule has 0 N–H and O–H groups in total. The minimum Gasteiger partial charge on any atom is -0.432 e. The number of hydroxylamine groups is 8. The third-order valence-corrected chi connectivity index (χ3v) is 15.8. The van der Waals surface area contributed by atoms with Crippen LogP contribution < -0.4 is 0 Å². The van der Waals surface area contributed by atoms with Crippen LogP contribution in [0.2, 0.25) is 0 Å². The number of rotatable bonds is 40. The summed E-state index contributed by atoms with van der Waals surface area (Å²) in [5, 5.41) is 6.39. The Morgan fingerprint density at radius 3 is 0.494 bits per heavy atom. The first-order chi connectivity index (χ1) is 43.6. The molecule has 0 saturated heterocycles. The fourth-order valence-electron chi connectivity index (χ4n) is 12.0. The fourth-order valence-corrected chi connectivity index (χ4v) is 12.0. The third-order valence-electron chi connectivity index (χ3n) is 15.8. The Morgan fingerprint density at radius 2 is 0.382 bits per heavy atom. The zero-order chi connectivity index (χ0) is 62.7. The van der Waals surface area contributed by atoms with E-state index in [4.69, 9.17) is 38.3 Å². The molecule has 464 valence electrons. The summed E-state index contributed by atoms with van der Waals surface area (Å²) in [7, 11) is 0. The summed E-state index contributed by atoms with van der Waals surface area (Å²) >= 11 is 0. The molecule has 8 aromatic rings. The van der Waals surface area contributed by atoms with Gasteiger partial charge in [0.15, 0.2) is 0 Å². The van der Waals surface area contributed by atoms with Crippen molar-refractivity contribution in [1.29, 1.82) is 0 Å². The Morgan fingerprint density at radius 1 is 0.247 bits per heavy atom. The van der Waals surface area contributed by atoms with E-state index in [2.05, 4.69) is 0 Å². The number of ether oxygens (including phenoxy) is 4. The van der Waals surface area contributed by atoms with Crippen LogP contribution in [0.1, 0.15) is 97.9 Å². The lowest BCUT2D eigenvalue weighted by Crippen LogP contribution is -2.85. The van der Waals surface area contributed by atoms with Crippen molar-refractivity contribution in [3.05, 3.63) is 287 Å². The van der Waals surface area contributed by atoms with Crippen LogP contribution in [0.25, 0.3) is 0 Å². The second-order valence-electron chi connectivity index (χ2n) is 21.5. The molecule has 0 fully saturated rings. The molecule has 0 saturated carbocycles. The standard InChI is InChI=1S/C73H80N4O12/c1-5-69(82-57-78,86-74(49-61-33-17-9-18-34-61)50-62-35-19-10-20-36-62)73(70(6-2,83-58-79)87-75(51-63-37-21-11-22-38-63)52-64-39-23-12-24-40-64,71(7-3,84-59-80)88-76(53-65-41-25-13-26-42-65)54-66-43-27-14-28-44-66)72(8-4,85-60-81)89-77(55-67-45-29-15-30-46-67)56-68-47-31-16-32-48-68/h9-48,57-60H,5-8,49-56H2,1-4H3. The van der Waals surface area contributed by atoms with Crippen molar-refractivity contribution >= 4 is 25.9 Å². The average Bonchev–Trinajstić information content (AvgIpc) is 0.667. The summed E-state index contributed by atoms with van der Waals surface area (Å²) in [6.45, 7) is 7.71. The van der Waals surface area contributed by atoms with Gasteiger partial charge in [-0.2, -0.15) is 20.3 Å². The molecular weight excluding hydrogens is 1120 g/mol. The van der Waals surface area contributed by atoms with Crippen molar-refractivity contribution in [3.63, 3.8) is 0 Å². The van der Waals surface area contributed by atoms with Gasteiger partial charge in [-0.1, -0.05) is 270 Å². The summed E-state index contributed by atoms with van der Waals surface area (Å²) in [6, 6.07) is 76.1. The Hall–Kier alpha value is -8.68. The molecule has 4 atom stereocenters. The van der Waals surface area contributed by atoms with Gasteiger partial charge in [0.1, 0.15) is 0 Å². The first kappa shape index (κ1) is 66.3. The van der Waals surface area contributed by atoms with Gasteiger partial charge in [0, 0.05) is 78.0 Å². The third kappa shape index (κ3) is 16.2. The average molecular weight is 1210 g/mol. The van der Waals surface area contributed by atoms with E-state index in [9.17, 15) is 19.2 Å². The second-order valence-corrected chi connectivity index (χ2v) is 21.5. The van der Waals surface area contributed by atoms with Crippen LogP contribution in [-0.2, 0) is 110 Å². The van der Waals surface area contributed by atoms with Gasteiger partial charge in [0.25, 0.3) is 49.0 Å². The maximum absolute atomic E-state index is 14.6. The van der Waals surface area contributed by atoms with Crippen LogP contribution in [-0.4, -0.2) is 69.3 Å². The van der Waals surface area contributed by atoms with Gasteiger partial charge in [-0.05, 0) is 44.5 Å². The number of benzene rings is 8. The Balaban J connectivity index is 1.58. The van der Waals surface area contributed by atoms with Crippen molar-refractivity contribution in [2.24, 2.45) is 5.41 Å². The van der Waals surface area contributed by atoms with Gasteiger partial charge < -0.3 is 18.9 Å². The Labute approximate surface area is 522 Å². The van der Waals surface area contributed by atoms with Crippen LogP contribution in [0, 0.1) is 5.41 Å². The smallest absolute Gasteiger partial charge is 0.295 e. The Bertz CT molecular complexity index is 2720. The Kier molecular flexibility index (Phi) is 24.6. The number of hydrogen-bond acceptors (Lipinski definition) is 16. The zero-order valence-electron chi connectivity index (χ0n) is 51.1. The minimum atomic E-state index is -3.02. The van der Waals surface area contributed by atoms with Crippen molar-refractivity contribution in [2.75, 3.05) is 0 Å². The normalized spacial score (nSPS) is 14.9. The van der Waals surface area contributed by atoms with E-state index < -0.39 is 54.2 Å². The number of carbonyl (C=O) groups is 4. The molecule has 0 radical (unpaired) electrons. The molecule has 8 rings (SSSR count). The predicted molar refractivity (Wildman–Crippen MR) is 336 cm³/mol. The molecule has 4 unspecified atom stereocenters. The minimum absolute atomic E-state index is 0.0176. The molecule has 0 spiro atoms. The van der Waals surface area contributed by atoms with Crippen LogP contribution in [0.5, 0.6) is 0 Å².